The molecule has 140 valence electrons. The van der Waals surface area contributed by atoms with E-state index in [4.69, 9.17) is 4.74 Å². The number of carbonyl (C=O) groups is 1. The fourth-order valence-corrected chi connectivity index (χ4v) is 2.19. The highest BCUT2D eigenvalue weighted by Crippen LogP contribution is 2.12. The predicted octanol–water partition coefficient (Wildman–Crippen LogP) is 3.51. The molecule has 0 heterocycles. The first kappa shape index (κ1) is 20.0. The summed E-state index contributed by atoms with van der Waals surface area (Å²) in [7, 11) is 1.61. The van der Waals surface area contributed by atoms with E-state index < -0.39 is 0 Å². The number of rotatable bonds is 9. The van der Waals surface area contributed by atoms with Gasteiger partial charge in [-0.2, -0.15) is 0 Å². The first-order valence-electron chi connectivity index (χ1n) is 8.49. The smallest absolute Gasteiger partial charge is 0.180 e. The summed E-state index contributed by atoms with van der Waals surface area (Å²) in [6.45, 7) is 1.08. The Morgan fingerprint density at radius 1 is 0.926 bits per heavy atom. The van der Waals surface area contributed by atoms with E-state index in [1.54, 1.807) is 67.8 Å². The standard InChI is InChI=1S/C22H23NO4/c1-27-15-14-23-19(8-2-17-3-9-20(24)10-4-17)16-22(26)13-7-18-5-11-21(25)12-6-18/h2-13,16,23-25H,14-15H2,1H3/b8-2+,13-7+,19-16-. The van der Waals surface area contributed by atoms with E-state index >= 15 is 0 Å². The molecular formula is C22H23NO4. The Morgan fingerprint density at radius 2 is 1.44 bits per heavy atom. The molecule has 0 spiro atoms. The number of hydrogen-bond donors (Lipinski definition) is 3. The van der Waals surface area contributed by atoms with E-state index in [2.05, 4.69) is 5.32 Å². The van der Waals surface area contributed by atoms with Gasteiger partial charge in [-0.3, -0.25) is 4.79 Å². The lowest BCUT2D eigenvalue weighted by Gasteiger charge is -2.06. The van der Waals surface area contributed by atoms with E-state index in [0.717, 1.165) is 11.1 Å². The molecule has 2 rings (SSSR count). The Morgan fingerprint density at radius 3 is 1.96 bits per heavy atom. The number of aromatic hydroxyl groups is 2. The number of nitrogens with one attached hydrogen (secondary N) is 1. The van der Waals surface area contributed by atoms with Gasteiger partial charge in [-0.25, -0.2) is 0 Å². The van der Waals surface area contributed by atoms with E-state index in [0.29, 0.717) is 18.8 Å². The molecule has 0 aliphatic heterocycles. The summed E-state index contributed by atoms with van der Waals surface area (Å²) in [6, 6.07) is 13.4. The van der Waals surface area contributed by atoms with Gasteiger partial charge < -0.3 is 20.3 Å². The van der Waals surface area contributed by atoms with Gasteiger partial charge in [-0.1, -0.05) is 36.4 Å². The molecule has 5 heteroatoms. The van der Waals surface area contributed by atoms with E-state index in [1.807, 2.05) is 6.08 Å². The minimum absolute atomic E-state index is 0.168. The molecule has 2 aromatic rings. The van der Waals surface area contributed by atoms with Crippen molar-refractivity contribution in [3.63, 3.8) is 0 Å². The molecule has 0 fully saturated rings. The Balaban J connectivity index is 2.09. The fraction of sp³-hybridized carbons (Fsp3) is 0.136. The van der Waals surface area contributed by atoms with Crippen molar-refractivity contribution in [1.82, 2.24) is 5.32 Å². The van der Waals surface area contributed by atoms with Crippen LogP contribution < -0.4 is 5.32 Å². The van der Waals surface area contributed by atoms with Crippen LogP contribution in [0.2, 0.25) is 0 Å². The van der Waals surface area contributed by atoms with Gasteiger partial charge in [0.05, 0.1) is 6.61 Å². The molecule has 0 radical (unpaired) electrons. The number of ether oxygens (including phenoxy) is 1. The van der Waals surface area contributed by atoms with Crippen molar-refractivity contribution in [2.24, 2.45) is 0 Å². The largest absolute Gasteiger partial charge is 0.508 e. The third-order valence-electron chi connectivity index (χ3n) is 3.61. The third kappa shape index (κ3) is 7.63. The molecule has 27 heavy (non-hydrogen) atoms. The molecule has 0 aliphatic rings. The fourth-order valence-electron chi connectivity index (χ4n) is 2.19. The Hall–Kier alpha value is -3.31. The molecule has 0 aliphatic carbocycles. The maximum absolute atomic E-state index is 12.2. The topological polar surface area (TPSA) is 78.8 Å². The predicted molar refractivity (Wildman–Crippen MR) is 107 cm³/mol. The van der Waals surface area contributed by atoms with Crippen LogP contribution in [0.3, 0.4) is 0 Å². The minimum Gasteiger partial charge on any atom is -0.508 e. The summed E-state index contributed by atoms with van der Waals surface area (Å²) in [4.78, 5) is 12.2. The zero-order valence-electron chi connectivity index (χ0n) is 15.1. The first-order chi connectivity index (χ1) is 13.1. The van der Waals surface area contributed by atoms with Gasteiger partial charge in [0.2, 0.25) is 0 Å². The van der Waals surface area contributed by atoms with Crippen molar-refractivity contribution >= 4 is 17.9 Å². The van der Waals surface area contributed by atoms with Crippen LogP contribution in [-0.2, 0) is 9.53 Å². The number of phenols is 2. The van der Waals surface area contributed by atoms with Crippen molar-refractivity contribution in [3.8, 4) is 11.5 Å². The molecule has 5 nitrogen and oxygen atoms in total. The second kappa shape index (κ2) is 10.6. The van der Waals surface area contributed by atoms with Gasteiger partial charge >= 0.3 is 0 Å². The van der Waals surface area contributed by atoms with Crippen LogP contribution in [0.5, 0.6) is 11.5 Å². The van der Waals surface area contributed by atoms with Crippen molar-refractivity contribution in [3.05, 3.63) is 83.6 Å². The molecule has 0 saturated carbocycles. The highest BCUT2D eigenvalue weighted by Gasteiger charge is 1.98. The van der Waals surface area contributed by atoms with Crippen LogP contribution in [-0.4, -0.2) is 36.3 Å². The monoisotopic (exact) mass is 365 g/mol. The first-order valence-corrected chi connectivity index (χ1v) is 8.49. The van der Waals surface area contributed by atoms with Crippen LogP contribution >= 0.6 is 0 Å². The summed E-state index contributed by atoms with van der Waals surface area (Å²) >= 11 is 0. The van der Waals surface area contributed by atoms with Gasteiger partial charge in [0, 0.05) is 25.4 Å². The second-order valence-electron chi connectivity index (χ2n) is 5.77. The highest BCUT2D eigenvalue weighted by molar-refractivity contribution is 6.02. The maximum atomic E-state index is 12.2. The van der Waals surface area contributed by atoms with Gasteiger partial charge in [0.1, 0.15) is 11.5 Å². The van der Waals surface area contributed by atoms with E-state index in [1.165, 1.54) is 12.2 Å². The average molecular weight is 365 g/mol. The lowest BCUT2D eigenvalue weighted by atomic mass is 10.1. The van der Waals surface area contributed by atoms with Crippen molar-refractivity contribution in [1.29, 1.82) is 0 Å². The molecular weight excluding hydrogens is 342 g/mol. The molecule has 3 N–H and O–H groups in total. The van der Waals surface area contributed by atoms with Gasteiger partial charge in [0.15, 0.2) is 5.78 Å². The maximum Gasteiger partial charge on any atom is 0.180 e. The third-order valence-corrected chi connectivity index (χ3v) is 3.61. The normalized spacial score (nSPS) is 12.0. The molecule has 2 aromatic carbocycles. The number of allylic oxidation sites excluding steroid dienone is 3. The van der Waals surface area contributed by atoms with Crippen LogP contribution in [0.4, 0.5) is 0 Å². The summed E-state index contributed by atoms with van der Waals surface area (Å²) in [5.74, 6) is 0.219. The van der Waals surface area contributed by atoms with Crippen molar-refractivity contribution < 1.29 is 19.7 Å². The number of benzene rings is 2. The Bertz CT molecular complexity index is 818. The van der Waals surface area contributed by atoms with Crippen LogP contribution in [0, 0.1) is 0 Å². The number of ketones is 1. The summed E-state index contributed by atoms with van der Waals surface area (Å²) < 4.78 is 5.03. The van der Waals surface area contributed by atoms with Crippen LogP contribution in [0.25, 0.3) is 12.2 Å². The average Bonchev–Trinajstić information content (AvgIpc) is 2.67. The quantitative estimate of drug-likeness (QED) is 0.360. The molecule has 0 atom stereocenters. The van der Waals surface area contributed by atoms with Crippen LogP contribution in [0.15, 0.2) is 72.5 Å². The van der Waals surface area contributed by atoms with Gasteiger partial charge in [-0.15, -0.1) is 0 Å². The zero-order chi connectivity index (χ0) is 19.5. The number of hydrogen-bond acceptors (Lipinski definition) is 5. The molecule has 0 saturated heterocycles. The summed E-state index contributed by atoms with van der Waals surface area (Å²) in [6.07, 6.45) is 8.31. The van der Waals surface area contributed by atoms with Crippen molar-refractivity contribution in [2.75, 3.05) is 20.3 Å². The lowest BCUT2D eigenvalue weighted by Crippen LogP contribution is -2.18. The zero-order valence-corrected chi connectivity index (χ0v) is 15.1. The van der Waals surface area contributed by atoms with Crippen molar-refractivity contribution in [2.45, 2.75) is 0 Å². The summed E-state index contributed by atoms with van der Waals surface area (Å²) in [5, 5.41) is 21.8. The summed E-state index contributed by atoms with van der Waals surface area (Å²) in [5.41, 5.74) is 2.38. The number of methoxy groups -OCH3 is 1. The molecule has 0 amide bonds. The van der Waals surface area contributed by atoms with E-state index in [-0.39, 0.29) is 17.3 Å². The van der Waals surface area contributed by atoms with Gasteiger partial charge in [-0.05, 0) is 47.5 Å². The highest BCUT2D eigenvalue weighted by atomic mass is 16.5. The molecule has 0 unspecified atom stereocenters. The minimum atomic E-state index is -0.168. The Labute approximate surface area is 158 Å². The molecule has 0 aromatic heterocycles. The van der Waals surface area contributed by atoms with E-state index in [9.17, 15) is 15.0 Å². The Kier molecular flexibility index (Phi) is 7.88. The van der Waals surface area contributed by atoms with Crippen LogP contribution in [0.1, 0.15) is 11.1 Å². The second-order valence-corrected chi connectivity index (χ2v) is 5.77. The molecule has 0 bridgehead atoms. The lowest BCUT2D eigenvalue weighted by molar-refractivity contribution is -0.110. The number of phenolic OH excluding ortho intramolecular Hbond substituents is 2. The SMILES string of the molecule is COCCNC(=C\C(=O)/C=C/c1ccc(O)cc1)/C=C/c1ccc(O)cc1. The number of carbonyl (C=O) groups excluding carboxylic acids is 1. The van der Waals surface area contributed by atoms with Gasteiger partial charge in [0.25, 0.3) is 0 Å².